The van der Waals surface area contributed by atoms with Crippen LogP contribution in [0.2, 0.25) is 0 Å². The molecule has 0 spiro atoms. The van der Waals surface area contributed by atoms with Gasteiger partial charge in [-0.05, 0) is 36.8 Å². The molecule has 0 unspecified atom stereocenters. The molecule has 6 nitrogen and oxygen atoms in total. The predicted molar refractivity (Wildman–Crippen MR) is 89.5 cm³/mol. The minimum atomic E-state index is -0.113. The van der Waals surface area contributed by atoms with Crippen LogP contribution in [0.25, 0.3) is 11.4 Å². The topological polar surface area (TPSA) is 77.2 Å². The first-order valence-corrected chi connectivity index (χ1v) is 7.51. The van der Waals surface area contributed by atoms with Gasteiger partial charge in [-0.3, -0.25) is 4.79 Å². The van der Waals surface area contributed by atoms with Crippen LogP contribution < -0.4 is 10.1 Å². The third-order valence-electron chi connectivity index (χ3n) is 3.39. The van der Waals surface area contributed by atoms with Gasteiger partial charge in [0.05, 0.1) is 0 Å². The number of nitrogens with one attached hydrogen (secondary N) is 1. The third-order valence-corrected chi connectivity index (χ3v) is 3.39. The maximum atomic E-state index is 11.0. The van der Waals surface area contributed by atoms with Gasteiger partial charge in [0.1, 0.15) is 5.75 Å². The Hall–Kier alpha value is -3.15. The number of hydrogen-bond acceptors (Lipinski definition) is 5. The van der Waals surface area contributed by atoms with E-state index in [2.05, 4.69) is 15.5 Å². The standard InChI is InChI=1S/C18H17N3O3/c1-12-5-3-4-6-16(12)18-20-17(24-21-18)11-23-15-9-7-14(8-10-15)19-13(2)22/h3-10H,11H2,1-2H3,(H,19,22). The van der Waals surface area contributed by atoms with Crippen molar-refractivity contribution in [1.29, 1.82) is 0 Å². The van der Waals surface area contributed by atoms with Crippen molar-refractivity contribution in [2.75, 3.05) is 5.32 Å². The van der Waals surface area contributed by atoms with Crippen LogP contribution in [0.1, 0.15) is 18.4 Å². The highest BCUT2D eigenvalue weighted by Crippen LogP contribution is 2.21. The number of benzene rings is 2. The van der Waals surface area contributed by atoms with Crippen molar-refractivity contribution in [3.63, 3.8) is 0 Å². The summed E-state index contributed by atoms with van der Waals surface area (Å²) < 4.78 is 10.9. The molecule has 0 fully saturated rings. The summed E-state index contributed by atoms with van der Waals surface area (Å²) in [6.07, 6.45) is 0. The molecule has 0 aliphatic rings. The van der Waals surface area contributed by atoms with E-state index < -0.39 is 0 Å². The molecule has 0 bridgehead atoms. The summed E-state index contributed by atoms with van der Waals surface area (Å²) in [5.41, 5.74) is 2.74. The van der Waals surface area contributed by atoms with E-state index in [1.54, 1.807) is 24.3 Å². The minimum absolute atomic E-state index is 0.113. The first kappa shape index (κ1) is 15.7. The van der Waals surface area contributed by atoms with E-state index in [1.807, 2.05) is 31.2 Å². The molecule has 1 aromatic heterocycles. The van der Waals surface area contributed by atoms with Crippen molar-refractivity contribution in [3.8, 4) is 17.1 Å². The fourth-order valence-corrected chi connectivity index (χ4v) is 2.23. The molecule has 0 radical (unpaired) electrons. The molecular weight excluding hydrogens is 306 g/mol. The van der Waals surface area contributed by atoms with Crippen molar-refractivity contribution >= 4 is 11.6 Å². The van der Waals surface area contributed by atoms with Gasteiger partial charge in [-0.15, -0.1) is 0 Å². The molecule has 122 valence electrons. The third kappa shape index (κ3) is 3.78. The molecule has 3 aromatic rings. The van der Waals surface area contributed by atoms with E-state index in [-0.39, 0.29) is 12.5 Å². The Morgan fingerprint density at radius 3 is 2.62 bits per heavy atom. The maximum absolute atomic E-state index is 11.0. The number of carbonyl (C=O) groups excluding carboxylic acids is 1. The predicted octanol–water partition coefficient (Wildman–Crippen LogP) is 3.58. The van der Waals surface area contributed by atoms with Gasteiger partial charge in [0.25, 0.3) is 5.89 Å². The lowest BCUT2D eigenvalue weighted by molar-refractivity contribution is -0.114. The second-order valence-electron chi connectivity index (χ2n) is 5.32. The van der Waals surface area contributed by atoms with Gasteiger partial charge in [-0.2, -0.15) is 4.98 Å². The average molecular weight is 323 g/mol. The normalized spacial score (nSPS) is 10.4. The Bertz CT molecular complexity index is 841. The lowest BCUT2D eigenvalue weighted by Gasteiger charge is -2.05. The molecule has 1 heterocycles. The Morgan fingerprint density at radius 1 is 1.17 bits per heavy atom. The Morgan fingerprint density at radius 2 is 1.92 bits per heavy atom. The lowest BCUT2D eigenvalue weighted by atomic mass is 10.1. The van der Waals surface area contributed by atoms with Gasteiger partial charge in [-0.1, -0.05) is 29.4 Å². The molecule has 0 saturated heterocycles. The van der Waals surface area contributed by atoms with Gasteiger partial charge in [0.15, 0.2) is 6.61 Å². The van der Waals surface area contributed by atoms with Crippen molar-refractivity contribution in [1.82, 2.24) is 10.1 Å². The number of rotatable bonds is 5. The van der Waals surface area contributed by atoms with E-state index in [0.29, 0.717) is 17.5 Å². The molecule has 2 aromatic carbocycles. The van der Waals surface area contributed by atoms with Gasteiger partial charge < -0.3 is 14.6 Å². The van der Waals surface area contributed by atoms with Crippen LogP contribution >= 0.6 is 0 Å². The summed E-state index contributed by atoms with van der Waals surface area (Å²) in [5, 5.41) is 6.69. The number of aryl methyl sites for hydroxylation is 1. The molecule has 1 amide bonds. The average Bonchev–Trinajstić information content (AvgIpc) is 3.03. The highest BCUT2D eigenvalue weighted by molar-refractivity contribution is 5.88. The number of aromatic nitrogens is 2. The fourth-order valence-electron chi connectivity index (χ4n) is 2.23. The van der Waals surface area contributed by atoms with E-state index in [9.17, 15) is 4.79 Å². The van der Waals surface area contributed by atoms with Crippen LogP contribution in [-0.4, -0.2) is 16.0 Å². The molecule has 0 atom stereocenters. The maximum Gasteiger partial charge on any atom is 0.264 e. The summed E-state index contributed by atoms with van der Waals surface area (Å²) in [5.74, 6) is 1.49. The van der Waals surface area contributed by atoms with Gasteiger partial charge in [0.2, 0.25) is 11.7 Å². The summed E-state index contributed by atoms with van der Waals surface area (Å²) >= 11 is 0. The van der Waals surface area contributed by atoms with E-state index in [4.69, 9.17) is 9.26 Å². The monoisotopic (exact) mass is 323 g/mol. The number of ether oxygens (including phenoxy) is 1. The van der Waals surface area contributed by atoms with Crippen molar-refractivity contribution in [2.45, 2.75) is 20.5 Å². The molecule has 1 N–H and O–H groups in total. The number of anilines is 1. The quantitative estimate of drug-likeness (QED) is 0.776. The number of amides is 1. The van der Waals surface area contributed by atoms with Crippen LogP contribution in [0.5, 0.6) is 5.75 Å². The largest absolute Gasteiger partial charge is 0.484 e. The van der Waals surface area contributed by atoms with Crippen LogP contribution in [0, 0.1) is 6.92 Å². The molecule has 24 heavy (non-hydrogen) atoms. The van der Waals surface area contributed by atoms with Crippen molar-refractivity contribution in [3.05, 3.63) is 60.0 Å². The molecule has 0 saturated carbocycles. The fraction of sp³-hybridized carbons (Fsp3) is 0.167. The second-order valence-corrected chi connectivity index (χ2v) is 5.32. The van der Waals surface area contributed by atoms with Crippen LogP contribution in [0.15, 0.2) is 53.1 Å². The Labute approximate surface area is 139 Å². The highest BCUT2D eigenvalue weighted by Gasteiger charge is 2.11. The second kappa shape index (κ2) is 6.95. The minimum Gasteiger partial charge on any atom is -0.484 e. The SMILES string of the molecule is CC(=O)Nc1ccc(OCc2nc(-c3ccccc3C)no2)cc1. The van der Waals surface area contributed by atoms with Crippen LogP contribution in [0.4, 0.5) is 5.69 Å². The number of hydrogen-bond donors (Lipinski definition) is 1. The van der Waals surface area contributed by atoms with Crippen LogP contribution in [0.3, 0.4) is 0 Å². The van der Waals surface area contributed by atoms with E-state index >= 15 is 0 Å². The summed E-state index contributed by atoms with van der Waals surface area (Å²) in [7, 11) is 0. The van der Waals surface area contributed by atoms with E-state index in [1.165, 1.54) is 6.92 Å². The highest BCUT2D eigenvalue weighted by atomic mass is 16.5. The Balaban J connectivity index is 1.63. The molecular formula is C18H17N3O3. The zero-order valence-corrected chi connectivity index (χ0v) is 13.4. The Kier molecular flexibility index (Phi) is 4.56. The first-order chi connectivity index (χ1) is 11.6. The van der Waals surface area contributed by atoms with Crippen molar-refractivity contribution in [2.24, 2.45) is 0 Å². The summed E-state index contributed by atoms with van der Waals surface area (Å²) in [6, 6.07) is 14.9. The summed E-state index contributed by atoms with van der Waals surface area (Å²) in [6.45, 7) is 3.64. The molecule has 0 aliphatic heterocycles. The zero-order valence-electron chi connectivity index (χ0n) is 13.4. The van der Waals surface area contributed by atoms with Gasteiger partial charge >= 0.3 is 0 Å². The van der Waals surface area contributed by atoms with Crippen molar-refractivity contribution < 1.29 is 14.1 Å². The first-order valence-electron chi connectivity index (χ1n) is 7.51. The molecule has 0 aliphatic carbocycles. The van der Waals surface area contributed by atoms with E-state index in [0.717, 1.165) is 16.8 Å². The number of nitrogens with zero attached hydrogens (tertiary/aromatic N) is 2. The lowest BCUT2D eigenvalue weighted by Crippen LogP contribution is -2.05. The van der Waals surface area contributed by atoms with Gasteiger partial charge in [-0.25, -0.2) is 0 Å². The molecule has 6 heteroatoms. The van der Waals surface area contributed by atoms with Crippen LogP contribution in [-0.2, 0) is 11.4 Å². The smallest absolute Gasteiger partial charge is 0.264 e. The zero-order chi connectivity index (χ0) is 16.9. The summed E-state index contributed by atoms with van der Waals surface area (Å²) in [4.78, 5) is 15.3. The number of carbonyl (C=O) groups is 1. The van der Waals surface area contributed by atoms with Gasteiger partial charge in [0, 0.05) is 18.2 Å². The molecule has 3 rings (SSSR count).